The van der Waals surface area contributed by atoms with Crippen molar-refractivity contribution in [3.63, 3.8) is 0 Å². The van der Waals surface area contributed by atoms with Gasteiger partial charge in [-0.1, -0.05) is 0 Å². The van der Waals surface area contributed by atoms with Crippen molar-refractivity contribution in [3.8, 4) is 0 Å². The van der Waals surface area contributed by atoms with Crippen LogP contribution in [0.5, 0.6) is 0 Å². The molecule has 0 aromatic heterocycles. The zero-order valence-corrected chi connectivity index (χ0v) is 5.16. The molecule has 8 heavy (non-hydrogen) atoms. The summed E-state index contributed by atoms with van der Waals surface area (Å²) in [5, 5.41) is 17.4. The number of hydrogen-bond donors (Lipinski definition) is 2. The van der Waals surface area contributed by atoms with Gasteiger partial charge in [0.05, 0.1) is 12.7 Å². The van der Waals surface area contributed by atoms with E-state index < -0.39 is 12.2 Å². The van der Waals surface area contributed by atoms with Gasteiger partial charge in [-0.3, -0.25) is 0 Å². The van der Waals surface area contributed by atoms with Crippen molar-refractivity contribution >= 4 is 0 Å². The van der Waals surface area contributed by atoms with Gasteiger partial charge >= 0.3 is 0 Å². The summed E-state index contributed by atoms with van der Waals surface area (Å²) in [4.78, 5) is 0. The lowest BCUT2D eigenvalue weighted by Gasteiger charge is -2.10. The Balaban J connectivity index is 3.17. The van der Waals surface area contributed by atoms with Crippen LogP contribution in [0.3, 0.4) is 0 Å². The topological polar surface area (TPSA) is 49.7 Å². The molecule has 0 unspecified atom stereocenters. The summed E-state index contributed by atoms with van der Waals surface area (Å²) in [5.74, 6) is 0. The quantitative estimate of drug-likeness (QED) is 0.521. The van der Waals surface area contributed by atoms with Crippen molar-refractivity contribution in [1.82, 2.24) is 0 Å². The second kappa shape index (κ2) is 3.83. The Morgan fingerprint density at radius 3 is 2.12 bits per heavy atom. The van der Waals surface area contributed by atoms with E-state index in [1.165, 1.54) is 14.0 Å². The van der Waals surface area contributed by atoms with Gasteiger partial charge in [0.2, 0.25) is 0 Å². The van der Waals surface area contributed by atoms with Crippen LogP contribution in [0, 0.1) is 0 Å². The monoisotopic (exact) mass is 120 g/mol. The average Bonchev–Trinajstić information content (AvgIpc) is 1.67. The van der Waals surface area contributed by atoms with Gasteiger partial charge < -0.3 is 14.9 Å². The van der Waals surface area contributed by atoms with Crippen LogP contribution in [-0.4, -0.2) is 36.1 Å². The molecule has 0 saturated heterocycles. The van der Waals surface area contributed by atoms with Gasteiger partial charge in [0.1, 0.15) is 6.10 Å². The highest BCUT2D eigenvalue weighted by Crippen LogP contribution is 1.90. The summed E-state index contributed by atoms with van der Waals surface area (Å²) in [6.45, 7) is 1.71. The van der Waals surface area contributed by atoms with E-state index >= 15 is 0 Å². The van der Waals surface area contributed by atoms with E-state index in [2.05, 4.69) is 4.74 Å². The molecule has 0 rings (SSSR count). The molecule has 2 atom stereocenters. The Bertz CT molecular complexity index is 53.6. The van der Waals surface area contributed by atoms with Crippen LogP contribution in [0.1, 0.15) is 6.92 Å². The van der Waals surface area contributed by atoms with Crippen molar-refractivity contribution < 1.29 is 14.9 Å². The molecule has 0 aromatic rings. The zero-order chi connectivity index (χ0) is 6.57. The molecule has 0 aliphatic heterocycles. The normalized spacial score (nSPS) is 18.0. The summed E-state index contributed by atoms with van der Waals surface area (Å²) >= 11 is 0. The number of methoxy groups -OCH3 is 1. The Morgan fingerprint density at radius 1 is 1.50 bits per heavy atom. The molecule has 3 nitrogen and oxygen atoms in total. The van der Waals surface area contributed by atoms with Crippen LogP contribution in [0.4, 0.5) is 0 Å². The summed E-state index contributed by atoms with van der Waals surface area (Å²) in [5.41, 5.74) is 0. The van der Waals surface area contributed by atoms with E-state index in [1.807, 2.05) is 0 Å². The second-order valence-electron chi connectivity index (χ2n) is 1.76. The molecular weight excluding hydrogens is 108 g/mol. The van der Waals surface area contributed by atoms with Gasteiger partial charge in [0.25, 0.3) is 0 Å². The number of aliphatic hydroxyl groups is 2. The highest BCUT2D eigenvalue weighted by Gasteiger charge is 2.08. The SMILES string of the molecule is COC[C@@H](O)[C@@H](C)O. The molecule has 0 aliphatic rings. The predicted molar refractivity (Wildman–Crippen MR) is 29.6 cm³/mol. The molecule has 50 valence electrons. The minimum absolute atomic E-state index is 0.192. The maximum Gasteiger partial charge on any atom is 0.103 e. The largest absolute Gasteiger partial charge is 0.391 e. The zero-order valence-electron chi connectivity index (χ0n) is 5.16. The predicted octanol–water partition coefficient (Wildman–Crippen LogP) is -0.625. The lowest BCUT2D eigenvalue weighted by Crippen LogP contribution is -2.26. The summed E-state index contributed by atoms with van der Waals surface area (Å²) in [6, 6.07) is 0. The Labute approximate surface area is 48.9 Å². The van der Waals surface area contributed by atoms with E-state index in [9.17, 15) is 0 Å². The van der Waals surface area contributed by atoms with Gasteiger partial charge in [-0.2, -0.15) is 0 Å². The van der Waals surface area contributed by atoms with E-state index in [-0.39, 0.29) is 6.61 Å². The number of rotatable bonds is 3. The molecular formula is C5H12O3. The molecule has 0 bridgehead atoms. The first-order chi connectivity index (χ1) is 3.68. The third-order valence-electron chi connectivity index (χ3n) is 0.894. The highest BCUT2D eigenvalue weighted by molar-refractivity contribution is 4.58. The van der Waals surface area contributed by atoms with Crippen molar-refractivity contribution in [2.45, 2.75) is 19.1 Å². The highest BCUT2D eigenvalue weighted by atomic mass is 16.5. The van der Waals surface area contributed by atoms with E-state index in [1.54, 1.807) is 0 Å². The van der Waals surface area contributed by atoms with Crippen molar-refractivity contribution in [1.29, 1.82) is 0 Å². The van der Waals surface area contributed by atoms with Crippen LogP contribution in [0.15, 0.2) is 0 Å². The fourth-order valence-electron chi connectivity index (χ4n) is 0.310. The van der Waals surface area contributed by atoms with Crippen LogP contribution in [-0.2, 0) is 4.74 Å². The van der Waals surface area contributed by atoms with Crippen molar-refractivity contribution in [2.75, 3.05) is 13.7 Å². The summed E-state index contributed by atoms with van der Waals surface area (Å²) < 4.78 is 4.55. The first kappa shape index (κ1) is 7.88. The maximum absolute atomic E-state index is 8.75. The smallest absolute Gasteiger partial charge is 0.103 e. The fourth-order valence-corrected chi connectivity index (χ4v) is 0.310. The molecule has 2 N–H and O–H groups in total. The first-order valence-electron chi connectivity index (χ1n) is 2.53. The number of aliphatic hydroxyl groups excluding tert-OH is 2. The van der Waals surface area contributed by atoms with Gasteiger partial charge in [-0.25, -0.2) is 0 Å². The van der Waals surface area contributed by atoms with E-state index in [0.717, 1.165) is 0 Å². The minimum atomic E-state index is -0.750. The molecule has 0 radical (unpaired) electrons. The van der Waals surface area contributed by atoms with E-state index in [4.69, 9.17) is 10.2 Å². The van der Waals surface area contributed by atoms with Gasteiger partial charge in [-0.05, 0) is 6.92 Å². The Hall–Kier alpha value is -0.120. The van der Waals surface area contributed by atoms with Crippen LogP contribution in [0.2, 0.25) is 0 Å². The van der Waals surface area contributed by atoms with Crippen molar-refractivity contribution in [3.05, 3.63) is 0 Å². The summed E-state index contributed by atoms with van der Waals surface area (Å²) in [7, 11) is 1.48. The fraction of sp³-hybridized carbons (Fsp3) is 1.00. The van der Waals surface area contributed by atoms with Gasteiger partial charge in [0.15, 0.2) is 0 Å². The Kier molecular flexibility index (Phi) is 3.77. The maximum atomic E-state index is 8.75. The number of hydrogen-bond acceptors (Lipinski definition) is 3. The number of ether oxygens (including phenoxy) is 1. The lowest BCUT2D eigenvalue weighted by molar-refractivity contribution is -0.0173. The average molecular weight is 120 g/mol. The molecule has 0 aliphatic carbocycles. The van der Waals surface area contributed by atoms with Crippen LogP contribution in [0.25, 0.3) is 0 Å². The van der Waals surface area contributed by atoms with Crippen LogP contribution >= 0.6 is 0 Å². The third kappa shape index (κ3) is 2.96. The minimum Gasteiger partial charge on any atom is -0.391 e. The summed E-state index contributed by atoms with van der Waals surface area (Å²) in [6.07, 6.45) is -1.45. The van der Waals surface area contributed by atoms with E-state index in [0.29, 0.717) is 0 Å². The molecule has 0 fully saturated rings. The molecule has 3 heteroatoms. The van der Waals surface area contributed by atoms with Gasteiger partial charge in [-0.15, -0.1) is 0 Å². The molecule has 0 heterocycles. The second-order valence-corrected chi connectivity index (χ2v) is 1.76. The molecule has 0 amide bonds. The Morgan fingerprint density at radius 2 is 2.00 bits per heavy atom. The van der Waals surface area contributed by atoms with Crippen LogP contribution < -0.4 is 0 Å². The third-order valence-corrected chi connectivity index (χ3v) is 0.894. The van der Waals surface area contributed by atoms with Crippen molar-refractivity contribution in [2.24, 2.45) is 0 Å². The standard InChI is InChI=1S/C5H12O3/c1-4(6)5(7)3-8-2/h4-7H,3H2,1-2H3/t4-,5-/m1/s1. The molecule has 0 aromatic carbocycles. The molecule has 0 saturated carbocycles. The first-order valence-corrected chi connectivity index (χ1v) is 2.53. The van der Waals surface area contributed by atoms with Gasteiger partial charge in [0, 0.05) is 7.11 Å². The lowest BCUT2D eigenvalue weighted by atomic mass is 10.2. The molecule has 0 spiro atoms.